The van der Waals surface area contributed by atoms with Crippen molar-refractivity contribution in [2.75, 3.05) is 13.2 Å². The highest BCUT2D eigenvalue weighted by atomic mass is 16.5. The minimum Gasteiger partial charge on any atom is -0.376 e. The molecule has 3 fully saturated rings. The monoisotopic (exact) mass is 471 g/mol. The van der Waals surface area contributed by atoms with E-state index >= 15 is 0 Å². The SMILES string of the molecule is CCOC(C)(C)CCNC(=O)CCC1CC2=CC(=O)CC[C@]2(C)C2CC[C@]3(C)C(=O)CCC3C12. The molecule has 1 amide bonds. The van der Waals surface area contributed by atoms with E-state index in [-0.39, 0.29) is 28.1 Å². The Kier molecular flexibility index (Phi) is 7.17. The number of Topliss-reactive ketones (excluding diaryl/α,β-unsaturated/α-hetero) is 1. The molecule has 4 unspecified atom stereocenters. The van der Waals surface area contributed by atoms with Crippen molar-refractivity contribution in [2.45, 2.75) is 104 Å². The number of nitrogens with one attached hydrogen (secondary N) is 1. The van der Waals surface area contributed by atoms with Gasteiger partial charge in [0.15, 0.2) is 5.78 Å². The van der Waals surface area contributed by atoms with Crippen LogP contribution in [0.1, 0.15) is 98.8 Å². The second kappa shape index (κ2) is 9.52. The first kappa shape index (κ1) is 25.6. The van der Waals surface area contributed by atoms with Crippen molar-refractivity contribution in [1.29, 1.82) is 0 Å². The summed E-state index contributed by atoms with van der Waals surface area (Å²) in [6.07, 6.45) is 10.3. The van der Waals surface area contributed by atoms with Crippen LogP contribution >= 0.6 is 0 Å². The second-order valence-electron chi connectivity index (χ2n) is 12.6. The Balaban J connectivity index is 1.47. The van der Waals surface area contributed by atoms with Gasteiger partial charge < -0.3 is 10.1 Å². The average molecular weight is 472 g/mol. The summed E-state index contributed by atoms with van der Waals surface area (Å²) in [5.74, 6) is 2.61. The quantitative estimate of drug-likeness (QED) is 0.513. The summed E-state index contributed by atoms with van der Waals surface area (Å²) in [5.41, 5.74) is 0.982. The van der Waals surface area contributed by atoms with Crippen LogP contribution in [0.5, 0.6) is 0 Å². The van der Waals surface area contributed by atoms with Crippen LogP contribution in [-0.2, 0) is 19.1 Å². The summed E-state index contributed by atoms with van der Waals surface area (Å²) >= 11 is 0. The van der Waals surface area contributed by atoms with Gasteiger partial charge in [0.25, 0.3) is 0 Å². The fourth-order valence-corrected chi connectivity index (χ4v) is 8.14. The Hall–Kier alpha value is -1.49. The highest BCUT2D eigenvalue weighted by Crippen LogP contribution is 2.66. The average Bonchev–Trinajstić information content (AvgIpc) is 3.07. The third-order valence-electron chi connectivity index (χ3n) is 10.2. The predicted molar refractivity (Wildman–Crippen MR) is 133 cm³/mol. The van der Waals surface area contributed by atoms with Crippen LogP contribution in [0.15, 0.2) is 11.6 Å². The first-order chi connectivity index (χ1) is 16.0. The zero-order chi connectivity index (χ0) is 24.7. The molecule has 190 valence electrons. The normalized spacial score (nSPS) is 37.5. The molecule has 4 aliphatic rings. The maximum atomic E-state index is 12.9. The minimum absolute atomic E-state index is 0.0785. The standard InChI is InChI=1S/C29H45NO4/c1-6-34-27(2,3)15-16-30-25(33)10-7-19-17-20-18-21(31)11-13-28(20,4)23-12-14-29(5)22(26(19)23)8-9-24(29)32/h18-19,22-23,26H,6-17H2,1-5H3,(H,30,33)/t19?,22?,23?,26?,28-,29-/m0/s1. The van der Waals surface area contributed by atoms with Crippen molar-refractivity contribution >= 4 is 17.5 Å². The van der Waals surface area contributed by atoms with Crippen molar-refractivity contribution in [1.82, 2.24) is 5.32 Å². The van der Waals surface area contributed by atoms with Crippen LogP contribution < -0.4 is 5.32 Å². The molecule has 0 bridgehead atoms. The van der Waals surface area contributed by atoms with Gasteiger partial charge >= 0.3 is 0 Å². The summed E-state index contributed by atoms with van der Waals surface area (Å²) in [6.45, 7) is 12.0. The van der Waals surface area contributed by atoms with Crippen LogP contribution in [0.3, 0.4) is 0 Å². The molecule has 0 aromatic heterocycles. The zero-order valence-corrected chi connectivity index (χ0v) is 22.0. The molecule has 0 radical (unpaired) electrons. The van der Waals surface area contributed by atoms with Crippen LogP contribution in [0.2, 0.25) is 0 Å². The van der Waals surface area contributed by atoms with Gasteiger partial charge in [-0.3, -0.25) is 14.4 Å². The molecule has 0 aromatic rings. The Labute approximate surface area is 205 Å². The van der Waals surface area contributed by atoms with Gasteiger partial charge in [-0.25, -0.2) is 0 Å². The molecule has 0 spiro atoms. The van der Waals surface area contributed by atoms with Crippen LogP contribution in [-0.4, -0.2) is 36.2 Å². The summed E-state index contributed by atoms with van der Waals surface area (Å²) in [6, 6.07) is 0. The number of fused-ring (bicyclic) bond motifs is 5. The van der Waals surface area contributed by atoms with E-state index in [4.69, 9.17) is 4.74 Å². The van der Waals surface area contributed by atoms with Gasteiger partial charge in [0.2, 0.25) is 5.91 Å². The molecular formula is C29H45NO4. The molecule has 1 N–H and O–H groups in total. The van der Waals surface area contributed by atoms with E-state index in [0.717, 1.165) is 44.9 Å². The topological polar surface area (TPSA) is 72.5 Å². The van der Waals surface area contributed by atoms with Crippen LogP contribution in [0.4, 0.5) is 0 Å². The number of hydrogen-bond donors (Lipinski definition) is 1. The van der Waals surface area contributed by atoms with Crippen molar-refractivity contribution < 1.29 is 19.1 Å². The highest BCUT2D eigenvalue weighted by Gasteiger charge is 2.61. The highest BCUT2D eigenvalue weighted by molar-refractivity contribution is 5.91. The van der Waals surface area contributed by atoms with E-state index in [2.05, 4.69) is 33.0 Å². The molecule has 4 aliphatic carbocycles. The minimum atomic E-state index is -0.232. The van der Waals surface area contributed by atoms with Gasteiger partial charge in [-0.1, -0.05) is 19.4 Å². The van der Waals surface area contributed by atoms with Gasteiger partial charge in [-0.2, -0.15) is 0 Å². The van der Waals surface area contributed by atoms with Gasteiger partial charge in [-0.05, 0) is 101 Å². The zero-order valence-electron chi connectivity index (χ0n) is 22.0. The lowest BCUT2D eigenvalue weighted by Crippen LogP contribution is -2.53. The van der Waals surface area contributed by atoms with Gasteiger partial charge in [0.1, 0.15) is 5.78 Å². The van der Waals surface area contributed by atoms with E-state index in [1.165, 1.54) is 5.57 Å². The van der Waals surface area contributed by atoms with Crippen molar-refractivity contribution in [3.8, 4) is 0 Å². The Morgan fingerprint density at radius 3 is 2.59 bits per heavy atom. The number of carbonyl (C=O) groups is 3. The molecule has 0 saturated heterocycles. The third kappa shape index (κ3) is 4.66. The van der Waals surface area contributed by atoms with Crippen molar-refractivity contribution in [2.24, 2.45) is 34.5 Å². The third-order valence-corrected chi connectivity index (χ3v) is 10.2. The first-order valence-corrected chi connectivity index (χ1v) is 13.7. The summed E-state index contributed by atoms with van der Waals surface area (Å²) in [4.78, 5) is 38.0. The van der Waals surface area contributed by atoms with Crippen LogP contribution in [0.25, 0.3) is 0 Å². The Bertz CT molecular complexity index is 860. The smallest absolute Gasteiger partial charge is 0.220 e. The number of allylic oxidation sites excluding steroid dienone is 1. The number of ketones is 2. The predicted octanol–water partition coefficient (Wildman–Crippen LogP) is 5.42. The summed E-state index contributed by atoms with van der Waals surface area (Å²) in [5, 5.41) is 3.10. The van der Waals surface area contributed by atoms with E-state index in [9.17, 15) is 14.4 Å². The molecule has 6 atom stereocenters. The van der Waals surface area contributed by atoms with E-state index < -0.39 is 0 Å². The van der Waals surface area contributed by atoms with Gasteiger partial charge in [0.05, 0.1) is 5.60 Å². The molecular weight excluding hydrogens is 426 g/mol. The lowest BCUT2D eigenvalue weighted by molar-refractivity contribution is -0.136. The maximum absolute atomic E-state index is 12.9. The fourth-order valence-electron chi connectivity index (χ4n) is 8.14. The largest absolute Gasteiger partial charge is 0.376 e. The van der Waals surface area contributed by atoms with Gasteiger partial charge in [0, 0.05) is 37.8 Å². The van der Waals surface area contributed by atoms with E-state index in [1.54, 1.807) is 0 Å². The number of carbonyl (C=O) groups excluding carboxylic acids is 3. The molecule has 4 rings (SSSR count). The lowest BCUT2D eigenvalue weighted by Gasteiger charge is -2.59. The number of ether oxygens (including phenoxy) is 1. The van der Waals surface area contributed by atoms with Gasteiger partial charge in [-0.15, -0.1) is 0 Å². The van der Waals surface area contributed by atoms with E-state index in [1.807, 2.05) is 13.0 Å². The molecule has 34 heavy (non-hydrogen) atoms. The van der Waals surface area contributed by atoms with Crippen LogP contribution in [0, 0.1) is 34.5 Å². The molecule has 5 nitrogen and oxygen atoms in total. The molecule has 5 heteroatoms. The Morgan fingerprint density at radius 2 is 1.85 bits per heavy atom. The van der Waals surface area contributed by atoms with E-state index in [0.29, 0.717) is 61.9 Å². The first-order valence-electron chi connectivity index (χ1n) is 13.7. The molecule has 0 heterocycles. The second-order valence-corrected chi connectivity index (χ2v) is 12.6. The number of hydrogen-bond acceptors (Lipinski definition) is 4. The lowest BCUT2D eigenvalue weighted by atomic mass is 9.44. The van der Waals surface area contributed by atoms with Crippen molar-refractivity contribution in [3.63, 3.8) is 0 Å². The molecule has 0 aliphatic heterocycles. The summed E-state index contributed by atoms with van der Waals surface area (Å²) < 4.78 is 5.74. The number of amides is 1. The summed E-state index contributed by atoms with van der Waals surface area (Å²) in [7, 11) is 0. The molecule has 3 saturated carbocycles. The number of rotatable bonds is 8. The Morgan fingerprint density at radius 1 is 1.12 bits per heavy atom. The fraction of sp³-hybridized carbons (Fsp3) is 0.828. The maximum Gasteiger partial charge on any atom is 0.220 e. The van der Waals surface area contributed by atoms with Crippen molar-refractivity contribution in [3.05, 3.63) is 11.6 Å². The molecule has 0 aromatic carbocycles.